The number of carbonyl (C=O) groups is 3. The molecule has 0 fully saturated rings. The van der Waals surface area contributed by atoms with Gasteiger partial charge in [-0.1, -0.05) is 49.7 Å². The minimum atomic E-state index is -0.465. The number of hydrogen-bond donors (Lipinski definition) is 1. The summed E-state index contributed by atoms with van der Waals surface area (Å²) in [6.45, 7) is 3.27. The first-order valence-corrected chi connectivity index (χ1v) is 8.62. The molecular formula is C21H23NO4. The van der Waals surface area contributed by atoms with E-state index in [1.165, 1.54) is 12.5 Å². The molecule has 0 aliphatic rings. The van der Waals surface area contributed by atoms with Crippen molar-refractivity contribution in [3.8, 4) is 0 Å². The molecule has 5 heteroatoms. The average molecular weight is 353 g/mol. The predicted octanol–water partition coefficient (Wildman–Crippen LogP) is 3.57. The Hall–Kier alpha value is -2.95. The second-order valence-electron chi connectivity index (χ2n) is 6.09. The highest BCUT2D eigenvalue weighted by molar-refractivity contribution is 5.98. The topological polar surface area (TPSA) is 72.5 Å². The highest BCUT2D eigenvalue weighted by atomic mass is 16.5. The number of ether oxygens (including phenoxy) is 1. The number of esters is 1. The molecule has 26 heavy (non-hydrogen) atoms. The Labute approximate surface area is 153 Å². The van der Waals surface area contributed by atoms with Crippen LogP contribution >= 0.6 is 0 Å². The van der Waals surface area contributed by atoms with Crippen LogP contribution in [-0.2, 0) is 27.2 Å². The zero-order valence-electron chi connectivity index (χ0n) is 15.1. The van der Waals surface area contributed by atoms with Crippen LogP contribution in [0.2, 0.25) is 0 Å². The summed E-state index contributed by atoms with van der Waals surface area (Å²) in [5.74, 6) is -0.839. The van der Waals surface area contributed by atoms with Crippen molar-refractivity contribution in [2.24, 2.45) is 0 Å². The summed E-state index contributed by atoms with van der Waals surface area (Å²) in [5.41, 5.74) is 3.14. The summed E-state index contributed by atoms with van der Waals surface area (Å²) in [5, 5.41) is 2.66. The number of aryl methyl sites for hydroxylation is 1. The third kappa shape index (κ3) is 6.16. The molecule has 0 unspecified atom stereocenters. The van der Waals surface area contributed by atoms with E-state index < -0.39 is 5.97 Å². The molecule has 0 spiro atoms. The van der Waals surface area contributed by atoms with Crippen LogP contribution < -0.4 is 5.32 Å². The molecule has 1 N–H and O–H groups in total. The van der Waals surface area contributed by atoms with Gasteiger partial charge in [-0.2, -0.15) is 0 Å². The number of carbonyl (C=O) groups excluding carboxylic acids is 3. The second kappa shape index (κ2) is 9.51. The third-order valence-corrected chi connectivity index (χ3v) is 3.80. The molecule has 2 aromatic rings. The van der Waals surface area contributed by atoms with Gasteiger partial charge in [0.15, 0.2) is 12.4 Å². The molecule has 0 saturated heterocycles. The average Bonchev–Trinajstić information content (AvgIpc) is 2.62. The summed E-state index contributed by atoms with van der Waals surface area (Å²) in [6, 6.07) is 14.3. The van der Waals surface area contributed by atoms with E-state index in [9.17, 15) is 14.4 Å². The lowest BCUT2D eigenvalue weighted by molar-refractivity contribution is -0.141. The largest absolute Gasteiger partial charge is 0.457 e. The molecule has 136 valence electrons. The van der Waals surface area contributed by atoms with Crippen molar-refractivity contribution >= 4 is 23.3 Å². The normalized spacial score (nSPS) is 10.2. The summed E-state index contributed by atoms with van der Waals surface area (Å²) < 4.78 is 5.08. The molecule has 0 saturated carbocycles. The molecule has 2 aromatic carbocycles. The molecule has 0 aromatic heterocycles. The van der Waals surface area contributed by atoms with E-state index in [-0.39, 0.29) is 24.7 Å². The Morgan fingerprint density at radius 1 is 0.923 bits per heavy atom. The zero-order valence-corrected chi connectivity index (χ0v) is 15.1. The molecule has 0 atom stereocenters. The summed E-state index contributed by atoms with van der Waals surface area (Å²) in [4.78, 5) is 35.0. The molecule has 0 aliphatic heterocycles. The van der Waals surface area contributed by atoms with Crippen LogP contribution in [0.1, 0.15) is 41.8 Å². The smallest absolute Gasteiger partial charge is 0.310 e. The van der Waals surface area contributed by atoms with Gasteiger partial charge in [-0.25, -0.2) is 0 Å². The van der Waals surface area contributed by atoms with Gasteiger partial charge in [0.2, 0.25) is 5.91 Å². The van der Waals surface area contributed by atoms with E-state index in [1.54, 1.807) is 36.4 Å². The van der Waals surface area contributed by atoms with E-state index in [1.807, 2.05) is 12.1 Å². The van der Waals surface area contributed by atoms with Gasteiger partial charge in [0.25, 0.3) is 0 Å². The Balaban J connectivity index is 1.82. The summed E-state index contributed by atoms with van der Waals surface area (Å²) in [6.07, 6.45) is 2.10. The number of benzene rings is 2. The second-order valence-corrected chi connectivity index (χ2v) is 6.09. The van der Waals surface area contributed by atoms with Gasteiger partial charge in [-0.05, 0) is 29.7 Å². The molecule has 0 bridgehead atoms. The monoisotopic (exact) mass is 353 g/mol. The van der Waals surface area contributed by atoms with Gasteiger partial charge in [-0.3, -0.25) is 14.4 Å². The van der Waals surface area contributed by atoms with E-state index in [2.05, 4.69) is 12.2 Å². The fourth-order valence-electron chi connectivity index (χ4n) is 2.50. The van der Waals surface area contributed by atoms with Gasteiger partial charge in [0, 0.05) is 18.2 Å². The Morgan fingerprint density at radius 3 is 2.12 bits per heavy atom. The van der Waals surface area contributed by atoms with E-state index in [4.69, 9.17) is 4.74 Å². The highest BCUT2D eigenvalue weighted by Crippen LogP contribution is 2.11. The quantitative estimate of drug-likeness (QED) is 0.582. The number of anilines is 1. The van der Waals surface area contributed by atoms with Gasteiger partial charge >= 0.3 is 5.97 Å². The number of ketones is 1. The molecule has 2 rings (SSSR count). The standard InChI is InChI=1S/C21H23NO4/c1-3-4-16-5-9-18(10-6-16)20(24)14-26-21(25)13-17-7-11-19(12-8-17)22-15(2)23/h5-12H,3-4,13-14H2,1-2H3,(H,22,23). The van der Waals surface area contributed by atoms with E-state index in [0.717, 1.165) is 18.4 Å². The van der Waals surface area contributed by atoms with Crippen LogP contribution in [0.3, 0.4) is 0 Å². The van der Waals surface area contributed by atoms with Gasteiger partial charge in [0.1, 0.15) is 0 Å². The number of rotatable bonds is 8. The first-order chi connectivity index (χ1) is 12.5. The van der Waals surface area contributed by atoms with Crippen LogP contribution in [-0.4, -0.2) is 24.3 Å². The maximum atomic E-state index is 12.1. The van der Waals surface area contributed by atoms with E-state index >= 15 is 0 Å². The van der Waals surface area contributed by atoms with Crippen molar-refractivity contribution < 1.29 is 19.1 Å². The minimum Gasteiger partial charge on any atom is -0.457 e. The molecule has 1 amide bonds. The van der Waals surface area contributed by atoms with Crippen molar-refractivity contribution in [3.05, 3.63) is 65.2 Å². The Morgan fingerprint density at radius 2 is 1.54 bits per heavy atom. The number of Topliss-reactive ketones (excluding diaryl/α,β-unsaturated/α-hetero) is 1. The van der Waals surface area contributed by atoms with Crippen molar-refractivity contribution in [3.63, 3.8) is 0 Å². The van der Waals surface area contributed by atoms with Crippen molar-refractivity contribution in [2.75, 3.05) is 11.9 Å². The van der Waals surface area contributed by atoms with Gasteiger partial charge in [-0.15, -0.1) is 0 Å². The lowest BCUT2D eigenvalue weighted by atomic mass is 10.1. The van der Waals surface area contributed by atoms with Gasteiger partial charge in [0.05, 0.1) is 6.42 Å². The fraction of sp³-hybridized carbons (Fsp3) is 0.286. The van der Waals surface area contributed by atoms with Crippen molar-refractivity contribution in [2.45, 2.75) is 33.1 Å². The van der Waals surface area contributed by atoms with Crippen LogP contribution in [0.15, 0.2) is 48.5 Å². The number of hydrogen-bond acceptors (Lipinski definition) is 4. The third-order valence-electron chi connectivity index (χ3n) is 3.80. The molecule has 0 heterocycles. The summed E-state index contributed by atoms with van der Waals surface area (Å²) >= 11 is 0. The van der Waals surface area contributed by atoms with Crippen molar-refractivity contribution in [1.82, 2.24) is 0 Å². The first-order valence-electron chi connectivity index (χ1n) is 8.62. The van der Waals surface area contributed by atoms with Crippen LogP contribution in [0.25, 0.3) is 0 Å². The number of amides is 1. The van der Waals surface area contributed by atoms with Crippen LogP contribution in [0.5, 0.6) is 0 Å². The summed E-state index contributed by atoms with van der Waals surface area (Å²) in [7, 11) is 0. The maximum absolute atomic E-state index is 12.1. The van der Waals surface area contributed by atoms with Crippen LogP contribution in [0.4, 0.5) is 5.69 Å². The lowest BCUT2D eigenvalue weighted by Gasteiger charge is -2.07. The molecule has 0 radical (unpaired) electrons. The van der Waals surface area contributed by atoms with Crippen LogP contribution in [0, 0.1) is 0 Å². The molecule has 0 aliphatic carbocycles. The molecular weight excluding hydrogens is 330 g/mol. The first kappa shape index (κ1) is 19.4. The lowest BCUT2D eigenvalue weighted by Crippen LogP contribution is -2.15. The Bertz CT molecular complexity index is 764. The maximum Gasteiger partial charge on any atom is 0.310 e. The zero-order chi connectivity index (χ0) is 18.9. The minimum absolute atomic E-state index is 0.0725. The highest BCUT2D eigenvalue weighted by Gasteiger charge is 2.11. The van der Waals surface area contributed by atoms with E-state index in [0.29, 0.717) is 11.3 Å². The Kier molecular flexibility index (Phi) is 7.09. The SMILES string of the molecule is CCCc1ccc(C(=O)COC(=O)Cc2ccc(NC(C)=O)cc2)cc1. The van der Waals surface area contributed by atoms with Crippen molar-refractivity contribution in [1.29, 1.82) is 0 Å². The predicted molar refractivity (Wildman–Crippen MR) is 100 cm³/mol. The van der Waals surface area contributed by atoms with Gasteiger partial charge < -0.3 is 10.1 Å². The molecule has 5 nitrogen and oxygen atoms in total. The number of nitrogens with one attached hydrogen (secondary N) is 1. The fourth-order valence-corrected chi connectivity index (χ4v) is 2.50.